The van der Waals surface area contributed by atoms with Gasteiger partial charge in [-0.25, -0.2) is 0 Å². The molecule has 0 spiro atoms. The van der Waals surface area contributed by atoms with E-state index in [4.69, 9.17) is 9.26 Å². The second-order valence-electron chi connectivity index (χ2n) is 5.70. The molecule has 2 heterocycles. The molecule has 1 saturated heterocycles. The van der Waals surface area contributed by atoms with Crippen molar-refractivity contribution in [3.05, 3.63) is 47.7 Å². The van der Waals surface area contributed by atoms with Crippen LogP contribution in [-0.4, -0.2) is 30.3 Å². The fraction of sp³-hybridized carbons (Fsp3) is 0.412. The molecule has 23 heavy (non-hydrogen) atoms. The number of nitrogens with zero attached hydrogens (tertiary/aromatic N) is 1. The number of rotatable bonds is 6. The third-order valence-electron chi connectivity index (χ3n) is 3.85. The highest BCUT2D eigenvalue weighted by Crippen LogP contribution is 2.18. The molecule has 2 N–H and O–H groups in total. The first-order valence-electron chi connectivity index (χ1n) is 7.86. The van der Waals surface area contributed by atoms with Crippen molar-refractivity contribution in [3.8, 4) is 0 Å². The Morgan fingerprint density at radius 3 is 2.87 bits per heavy atom. The minimum absolute atomic E-state index is 0.164. The summed E-state index contributed by atoms with van der Waals surface area (Å²) in [7, 11) is 0. The topological polar surface area (TPSA) is 76.4 Å². The first-order chi connectivity index (χ1) is 11.2. The van der Waals surface area contributed by atoms with Gasteiger partial charge in [0.2, 0.25) is 5.91 Å². The average Bonchev–Trinajstić information content (AvgIpc) is 3.20. The maximum absolute atomic E-state index is 12.6. The number of anilines is 1. The molecule has 0 saturated carbocycles. The van der Waals surface area contributed by atoms with Crippen molar-refractivity contribution in [1.29, 1.82) is 0 Å². The van der Waals surface area contributed by atoms with Crippen molar-refractivity contribution in [2.45, 2.75) is 31.9 Å². The lowest BCUT2D eigenvalue weighted by Crippen LogP contribution is -2.37. The molecule has 1 aromatic carbocycles. The van der Waals surface area contributed by atoms with Gasteiger partial charge in [-0.2, -0.15) is 0 Å². The molecule has 3 rings (SSSR count). The molecule has 1 aromatic heterocycles. The summed E-state index contributed by atoms with van der Waals surface area (Å²) in [5.74, 6) is 0.915. The second kappa shape index (κ2) is 7.39. The van der Waals surface area contributed by atoms with E-state index in [0.717, 1.165) is 25.0 Å². The normalized spacial score (nSPS) is 18.7. The van der Waals surface area contributed by atoms with Gasteiger partial charge in [-0.1, -0.05) is 35.5 Å². The van der Waals surface area contributed by atoms with Gasteiger partial charge < -0.3 is 14.6 Å². The zero-order valence-corrected chi connectivity index (χ0v) is 13.1. The van der Waals surface area contributed by atoms with Gasteiger partial charge >= 0.3 is 0 Å². The van der Waals surface area contributed by atoms with Gasteiger partial charge in [-0.15, -0.1) is 0 Å². The summed E-state index contributed by atoms with van der Waals surface area (Å²) in [5, 5.41) is 9.91. The van der Waals surface area contributed by atoms with Gasteiger partial charge in [0.05, 0.1) is 6.10 Å². The third kappa shape index (κ3) is 4.18. The van der Waals surface area contributed by atoms with Crippen molar-refractivity contribution in [1.82, 2.24) is 10.5 Å². The summed E-state index contributed by atoms with van der Waals surface area (Å²) in [6.07, 6.45) is 2.27. The summed E-state index contributed by atoms with van der Waals surface area (Å²) in [6.45, 7) is 3.23. The van der Waals surface area contributed by atoms with Gasteiger partial charge in [0.25, 0.3) is 0 Å². The molecular formula is C17H21N3O3. The first kappa shape index (κ1) is 15.7. The Morgan fingerprint density at radius 1 is 1.39 bits per heavy atom. The number of ether oxygens (including phenoxy) is 1. The molecule has 1 amide bonds. The van der Waals surface area contributed by atoms with Crippen molar-refractivity contribution >= 4 is 11.7 Å². The summed E-state index contributed by atoms with van der Waals surface area (Å²) < 4.78 is 10.6. The lowest BCUT2D eigenvalue weighted by Gasteiger charge is -2.20. The zero-order valence-electron chi connectivity index (χ0n) is 13.1. The highest BCUT2D eigenvalue weighted by molar-refractivity contribution is 5.94. The van der Waals surface area contributed by atoms with Gasteiger partial charge in [0.1, 0.15) is 11.8 Å². The van der Waals surface area contributed by atoms with Crippen LogP contribution in [0, 0.1) is 6.92 Å². The van der Waals surface area contributed by atoms with Crippen LogP contribution in [0.1, 0.15) is 30.2 Å². The molecule has 122 valence electrons. The third-order valence-corrected chi connectivity index (χ3v) is 3.85. The van der Waals surface area contributed by atoms with Crippen LogP contribution in [0.5, 0.6) is 0 Å². The van der Waals surface area contributed by atoms with Crippen LogP contribution >= 0.6 is 0 Å². The lowest BCUT2D eigenvalue weighted by molar-refractivity contribution is -0.118. The Balaban J connectivity index is 1.69. The summed E-state index contributed by atoms with van der Waals surface area (Å²) in [4.78, 5) is 12.6. The monoisotopic (exact) mass is 315 g/mol. The van der Waals surface area contributed by atoms with Gasteiger partial charge in [-0.3, -0.25) is 10.1 Å². The Labute approximate surface area is 135 Å². The lowest BCUT2D eigenvalue weighted by atomic mass is 10.1. The molecule has 2 atom stereocenters. The predicted molar refractivity (Wildman–Crippen MR) is 86.0 cm³/mol. The van der Waals surface area contributed by atoms with E-state index < -0.39 is 6.04 Å². The van der Waals surface area contributed by atoms with Crippen molar-refractivity contribution in [3.63, 3.8) is 0 Å². The minimum atomic E-state index is -0.461. The van der Waals surface area contributed by atoms with E-state index in [9.17, 15) is 4.79 Å². The summed E-state index contributed by atoms with van der Waals surface area (Å²) >= 11 is 0. The number of carbonyl (C=O) groups is 1. The largest absolute Gasteiger partial charge is 0.377 e. The quantitative estimate of drug-likeness (QED) is 0.856. The molecular weight excluding hydrogens is 294 g/mol. The standard InChI is InChI=1S/C17H21N3O3/c1-12-10-15(20-23-12)19-17(21)16(13-6-3-2-4-7-13)18-11-14-8-5-9-22-14/h2-4,6-7,10,14,16,18H,5,8-9,11H2,1H3,(H,19,20,21)/t14-,16+/m1/s1. The Hall–Kier alpha value is -2.18. The molecule has 0 radical (unpaired) electrons. The van der Waals surface area contributed by atoms with Gasteiger partial charge in [0.15, 0.2) is 5.82 Å². The molecule has 0 bridgehead atoms. The SMILES string of the molecule is Cc1cc(NC(=O)[C@@H](NC[C@H]2CCCO2)c2ccccc2)no1. The number of aromatic nitrogens is 1. The Morgan fingerprint density at radius 2 is 2.22 bits per heavy atom. The van der Waals surface area contributed by atoms with E-state index in [2.05, 4.69) is 15.8 Å². The molecule has 1 fully saturated rings. The molecule has 0 unspecified atom stereocenters. The van der Waals surface area contributed by atoms with Crippen LogP contribution < -0.4 is 10.6 Å². The summed E-state index contributed by atoms with van der Waals surface area (Å²) in [5.41, 5.74) is 0.906. The number of amides is 1. The van der Waals surface area contributed by atoms with E-state index in [0.29, 0.717) is 18.1 Å². The first-order valence-corrected chi connectivity index (χ1v) is 7.86. The van der Waals surface area contributed by atoms with E-state index in [1.807, 2.05) is 30.3 Å². The van der Waals surface area contributed by atoms with Crippen molar-refractivity contribution in [2.24, 2.45) is 0 Å². The van der Waals surface area contributed by atoms with E-state index in [-0.39, 0.29) is 12.0 Å². The molecule has 1 aliphatic heterocycles. The number of hydrogen-bond donors (Lipinski definition) is 2. The number of carbonyl (C=O) groups excluding carboxylic acids is 1. The predicted octanol–water partition coefficient (Wildman–Crippen LogP) is 2.43. The Kier molecular flexibility index (Phi) is 5.05. The second-order valence-corrected chi connectivity index (χ2v) is 5.70. The fourth-order valence-electron chi connectivity index (χ4n) is 2.69. The number of hydrogen-bond acceptors (Lipinski definition) is 5. The number of nitrogens with one attached hydrogen (secondary N) is 2. The van der Waals surface area contributed by atoms with E-state index >= 15 is 0 Å². The van der Waals surface area contributed by atoms with Crippen LogP contribution in [-0.2, 0) is 9.53 Å². The smallest absolute Gasteiger partial charge is 0.247 e. The van der Waals surface area contributed by atoms with Crippen LogP contribution in [0.25, 0.3) is 0 Å². The number of aryl methyl sites for hydroxylation is 1. The minimum Gasteiger partial charge on any atom is -0.377 e. The van der Waals surface area contributed by atoms with E-state index in [1.165, 1.54) is 0 Å². The van der Waals surface area contributed by atoms with Crippen molar-refractivity contribution in [2.75, 3.05) is 18.5 Å². The maximum Gasteiger partial charge on any atom is 0.247 e. The highest BCUT2D eigenvalue weighted by Gasteiger charge is 2.24. The van der Waals surface area contributed by atoms with Crippen molar-refractivity contribution < 1.29 is 14.1 Å². The maximum atomic E-state index is 12.6. The van der Waals surface area contributed by atoms with Crippen LogP contribution in [0.4, 0.5) is 5.82 Å². The van der Waals surface area contributed by atoms with Gasteiger partial charge in [-0.05, 0) is 25.3 Å². The molecule has 1 aliphatic rings. The molecule has 6 heteroatoms. The van der Waals surface area contributed by atoms with E-state index in [1.54, 1.807) is 13.0 Å². The average molecular weight is 315 g/mol. The highest BCUT2D eigenvalue weighted by atomic mass is 16.5. The zero-order chi connectivity index (χ0) is 16.1. The molecule has 6 nitrogen and oxygen atoms in total. The van der Waals surface area contributed by atoms with Crippen LogP contribution in [0.15, 0.2) is 40.9 Å². The van der Waals surface area contributed by atoms with Crippen LogP contribution in [0.3, 0.4) is 0 Å². The molecule has 0 aliphatic carbocycles. The number of benzene rings is 1. The summed E-state index contributed by atoms with van der Waals surface area (Å²) in [6, 6.07) is 10.9. The van der Waals surface area contributed by atoms with Crippen LogP contribution in [0.2, 0.25) is 0 Å². The van der Waals surface area contributed by atoms with Gasteiger partial charge in [0, 0.05) is 19.2 Å². The fourth-order valence-corrected chi connectivity index (χ4v) is 2.69. The molecule has 2 aromatic rings. The Bertz CT molecular complexity index is 636.